The molecule has 0 saturated carbocycles. The molecule has 0 radical (unpaired) electrons. The lowest BCUT2D eigenvalue weighted by atomic mass is 9.85. The first-order valence-electron chi connectivity index (χ1n) is 16.1. The molecule has 0 fully saturated rings. The van der Waals surface area contributed by atoms with Crippen molar-refractivity contribution in [3.63, 3.8) is 0 Å². The van der Waals surface area contributed by atoms with E-state index in [-0.39, 0.29) is 0 Å². The van der Waals surface area contributed by atoms with Crippen LogP contribution in [-0.2, 0) is 0 Å². The Kier molecular flexibility index (Phi) is 4.66. The zero-order valence-corrected chi connectivity index (χ0v) is 25.0. The van der Waals surface area contributed by atoms with Gasteiger partial charge in [0.05, 0.1) is 0 Å². The highest BCUT2D eigenvalue weighted by molar-refractivity contribution is 6.35. The molecule has 11 rings (SSSR count). The predicted molar refractivity (Wildman–Crippen MR) is 200 cm³/mol. The summed E-state index contributed by atoms with van der Waals surface area (Å²) in [5.41, 5.74) is 5.04. The summed E-state index contributed by atoms with van der Waals surface area (Å²) in [6.07, 6.45) is 0. The van der Waals surface area contributed by atoms with Crippen molar-refractivity contribution in [3.8, 4) is 22.3 Å². The molecule has 0 nitrogen and oxygen atoms in total. The van der Waals surface area contributed by atoms with E-state index in [4.69, 9.17) is 0 Å². The second-order valence-corrected chi connectivity index (χ2v) is 12.8. The van der Waals surface area contributed by atoms with Gasteiger partial charge >= 0.3 is 0 Å². The average molecular weight is 579 g/mol. The van der Waals surface area contributed by atoms with Crippen molar-refractivity contribution >= 4 is 86.2 Å². The van der Waals surface area contributed by atoms with Crippen molar-refractivity contribution in [2.75, 3.05) is 0 Å². The van der Waals surface area contributed by atoms with Crippen LogP contribution >= 0.6 is 0 Å². The Morgan fingerprint density at radius 3 is 0.935 bits per heavy atom. The zero-order valence-electron chi connectivity index (χ0n) is 25.0. The highest BCUT2D eigenvalue weighted by Crippen LogP contribution is 2.45. The maximum Gasteiger partial charge on any atom is -0.00201 e. The van der Waals surface area contributed by atoms with Crippen LogP contribution in [0, 0.1) is 0 Å². The van der Waals surface area contributed by atoms with E-state index in [1.807, 2.05) is 0 Å². The first-order valence-corrected chi connectivity index (χ1v) is 16.1. The summed E-state index contributed by atoms with van der Waals surface area (Å²) in [6, 6.07) is 59.0. The number of rotatable bonds is 2. The topological polar surface area (TPSA) is 0 Å². The molecule has 11 aromatic carbocycles. The van der Waals surface area contributed by atoms with Gasteiger partial charge in [-0.05, 0) is 114 Å². The van der Waals surface area contributed by atoms with Gasteiger partial charge in [0.15, 0.2) is 0 Å². The summed E-state index contributed by atoms with van der Waals surface area (Å²) in [4.78, 5) is 0. The van der Waals surface area contributed by atoms with E-state index in [0.717, 1.165) is 0 Å². The lowest BCUT2D eigenvalue weighted by Gasteiger charge is -2.18. The van der Waals surface area contributed by atoms with Gasteiger partial charge < -0.3 is 0 Å². The standard InChI is InChI=1S/C46H26/c1-12-29(31-22-24-41-37-16-4-10-27-8-2-14-35(43(27)37)39-20-6-18-33(31)45(39)41)26-30(13-1)32-23-25-42-38-17-5-11-28-9-3-15-36(44(28)38)40-21-7-19-34(32)46(40)42/h1-26H. The molecule has 0 aliphatic heterocycles. The minimum Gasteiger partial charge on any atom is -0.0610 e. The number of benzene rings is 11. The SMILES string of the molecule is c1cc(-c2ccc3c4cccc5cccc(c6cccc2c63)c54)cc(-c2ccc3c4cccc5cccc(c6cccc2c63)c54)c1. The molecule has 0 heteroatoms. The van der Waals surface area contributed by atoms with Crippen molar-refractivity contribution in [3.05, 3.63) is 158 Å². The summed E-state index contributed by atoms with van der Waals surface area (Å²) in [5.74, 6) is 0. The van der Waals surface area contributed by atoms with Gasteiger partial charge in [-0.3, -0.25) is 0 Å². The molecule has 11 aromatic rings. The third-order valence-electron chi connectivity index (χ3n) is 10.5. The average Bonchev–Trinajstić information content (AvgIpc) is 3.12. The molecule has 0 saturated heterocycles. The fourth-order valence-electron chi connectivity index (χ4n) is 8.65. The van der Waals surface area contributed by atoms with E-state index in [9.17, 15) is 0 Å². The lowest BCUT2D eigenvalue weighted by Crippen LogP contribution is -1.90. The van der Waals surface area contributed by atoms with Crippen molar-refractivity contribution in [2.24, 2.45) is 0 Å². The quantitative estimate of drug-likeness (QED) is 0.141. The summed E-state index contributed by atoms with van der Waals surface area (Å²) >= 11 is 0. The van der Waals surface area contributed by atoms with Crippen LogP contribution in [0.1, 0.15) is 0 Å². The molecule has 0 heterocycles. The Balaban J connectivity index is 1.17. The molecule has 0 atom stereocenters. The van der Waals surface area contributed by atoms with Gasteiger partial charge in [0.25, 0.3) is 0 Å². The maximum absolute atomic E-state index is 2.39. The van der Waals surface area contributed by atoms with Gasteiger partial charge in [-0.25, -0.2) is 0 Å². The van der Waals surface area contributed by atoms with Gasteiger partial charge in [-0.15, -0.1) is 0 Å². The summed E-state index contributed by atoms with van der Waals surface area (Å²) in [7, 11) is 0. The Hall–Kier alpha value is -5.98. The van der Waals surface area contributed by atoms with Gasteiger partial charge in [-0.2, -0.15) is 0 Å². The van der Waals surface area contributed by atoms with E-state index in [2.05, 4.69) is 158 Å². The maximum atomic E-state index is 2.39. The molecule has 210 valence electrons. The Labute approximate surface area is 265 Å². The molecule has 0 unspecified atom stereocenters. The van der Waals surface area contributed by atoms with E-state index >= 15 is 0 Å². The Morgan fingerprint density at radius 2 is 0.522 bits per heavy atom. The van der Waals surface area contributed by atoms with Crippen LogP contribution in [0.4, 0.5) is 0 Å². The second-order valence-electron chi connectivity index (χ2n) is 12.8. The molecule has 46 heavy (non-hydrogen) atoms. The van der Waals surface area contributed by atoms with Gasteiger partial charge in [0.1, 0.15) is 0 Å². The summed E-state index contributed by atoms with van der Waals surface area (Å²) < 4.78 is 0. The van der Waals surface area contributed by atoms with E-state index in [1.165, 1.54) is 108 Å². The fourth-order valence-corrected chi connectivity index (χ4v) is 8.65. The highest BCUT2D eigenvalue weighted by atomic mass is 14.2. The third-order valence-corrected chi connectivity index (χ3v) is 10.5. The van der Waals surface area contributed by atoms with Crippen molar-refractivity contribution in [1.29, 1.82) is 0 Å². The number of fused-ring (bicyclic) bond motifs is 4. The molecule has 0 amide bonds. The summed E-state index contributed by atoms with van der Waals surface area (Å²) in [6.45, 7) is 0. The second kappa shape index (κ2) is 8.81. The van der Waals surface area contributed by atoms with E-state index in [0.29, 0.717) is 0 Å². The van der Waals surface area contributed by atoms with Crippen LogP contribution < -0.4 is 0 Å². The van der Waals surface area contributed by atoms with Crippen LogP contribution in [0.3, 0.4) is 0 Å². The third kappa shape index (κ3) is 3.08. The van der Waals surface area contributed by atoms with Crippen LogP contribution in [0.25, 0.3) is 108 Å². The van der Waals surface area contributed by atoms with Crippen LogP contribution in [0.5, 0.6) is 0 Å². The van der Waals surface area contributed by atoms with Gasteiger partial charge in [0, 0.05) is 0 Å². The van der Waals surface area contributed by atoms with Crippen molar-refractivity contribution in [2.45, 2.75) is 0 Å². The van der Waals surface area contributed by atoms with Crippen molar-refractivity contribution < 1.29 is 0 Å². The molecular formula is C46H26. The normalized spacial score (nSPS) is 12.3. The van der Waals surface area contributed by atoms with E-state index in [1.54, 1.807) is 0 Å². The van der Waals surface area contributed by atoms with Gasteiger partial charge in [-0.1, -0.05) is 152 Å². The first-order chi connectivity index (χ1) is 22.8. The minimum atomic E-state index is 1.24. The van der Waals surface area contributed by atoms with Crippen LogP contribution in [0.2, 0.25) is 0 Å². The first kappa shape index (κ1) is 24.4. The molecule has 0 N–H and O–H groups in total. The molecule has 0 aromatic heterocycles. The smallest absolute Gasteiger partial charge is 0.00201 e. The number of hydrogen-bond donors (Lipinski definition) is 0. The van der Waals surface area contributed by atoms with E-state index < -0.39 is 0 Å². The highest BCUT2D eigenvalue weighted by Gasteiger charge is 2.17. The Morgan fingerprint density at radius 1 is 0.217 bits per heavy atom. The minimum absolute atomic E-state index is 1.24. The molecular weight excluding hydrogens is 553 g/mol. The van der Waals surface area contributed by atoms with Crippen LogP contribution in [-0.4, -0.2) is 0 Å². The Bertz CT molecular complexity index is 2710. The molecule has 0 bridgehead atoms. The van der Waals surface area contributed by atoms with Crippen molar-refractivity contribution in [1.82, 2.24) is 0 Å². The predicted octanol–water partition coefficient (Wildman–Crippen LogP) is 13.1. The summed E-state index contributed by atoms with van der Waals surface area (Å²) in [5, 5.41) is 21.3. The lowest BCUT2D eigenvalue weighted by molar-refractivity contribution is 1.64. The van der Waals surface area contributed by atoms with Crippen LogP contribution in [0.15, 0.2) is 158 Å². The molecule has 0 aliphatic carbocycles. The monoisotopic (exact) mass is 578 g/mol. The number of hydrogen-bond acceptors (Lipinski definition) is 0. The fraction of sp³-hybridized carbons (Fsp3) is 0. The molecule has 0 spiro atoms. The largest absolute Gasteiger partial charge is 0.0610 e. The molecule has 0 aliphatic rings. The van der Waals surface area contributed by atoms with Gasteiger partial charge in [0.2, 0.25) is 0 Å². The zero-order chi connectivity index (χ0) is 29.9.